The second kappa shape index (κ2) is 7.92. The van der Waals surface area contributed by atoms with E-state index in [1.165, 1.54) is 0 Å². The van der Waals surface area contributed by atoms with Crippen LogP contribution in [0.5, 0.6) is 0 Å². The van der Waals surface area contributed by atoms with E-state index in [0.717, 1.165) is 50.0 Å². The van der Waals surface area contributed by atoms with Crippen LogP contribution in [0.1, 0.15) is 41.3 Å². The highest BCUT2D eigenvalue weighted by Crippen LogP contribution is 2.23. The van der Waals surface area contributed by atoms with E-state index in [9.17, 15) is 4.79 Å². The molecular formula is C20H24N6O2. The van der Waals surface area contributed by atoms with E-state index in [0.29, 0.717) is 23.3 Å². The maximum Gasteiger partial charge on any atom is 0.274 e. The van der Waals surface area contributed by atoms with Crippen molar-refractivity contribution in [2.75, 3.05) is 13.1 Å². The molecule has 1 aliphatic rings. The molecule has 4 heterocycles. The number of aryl methyl sites for hydroxylation is 3. The Kier molecular flexibility index (Phi) is 5.18. The monoisotopic (exact) mass is 380 g/mol. The van der Waals surface area contributed by atoms with Gasteiger partial charge in [0.25, 0.3) is 11.8 Å². The Hall–Kier alpha value is -3.03. The molecule has 0 N–H and O–H groups in total. The van der Waals surface area contributed by atoms with Gasteiger partial charge in [-0.05, 0) is 50.3 Å². The van der Waals surface area contributed by atoms with Gasteiger partial charge in [-0.2, -0.15) is 10.1 Å². The van der Waals surface area contributed by atoms with Gasteiger partial charge in [0.2, 0.25) is 0 Å². The first-order valence-electron chi connectivity index (χ1n) is 9.63. The number of amides is 1. The van der Waals surface area contributed by atoms with Crippen LogP contribution in [-0.4, -0.2) is 48.8 Å². The van der Waals surface area contributed by atoms with Crippen LogP contribution in [0.3, 0.4) is 0 Å². The number of hydrogen-bond donors (Lipinski definition) is 0. The van der Waals surface area contributed by atoms with Crippen molar-refractivity contribution in [3.8, 4) is 11.5 Å². The molecule has 0 saturated carbocycles. The van der Waals surface area contributed by atoms with Gasteiger partial charge in [-0.1, -0.05) is 5.16 Å². The summed E-state index contributed by atoms with van der Waals surface area (Å²) in [5, 5.41) is 8.41. The number of carbonyl (C=O) groups is 1. The zero-order valence-corrected chi connectivity index (χ0v) is 16.2. The first-order valence-corrected chi connectivity index (χ1v) is 9.63. The largest absolute Gasteiger partial charge is 0.337 e. The molecule has 1 fully saturated rings. The highest BCUT2D eigenvalue weighted by molar-refractivity contribution is 5.92. The van der Waals surface area contributed by atoms with Crippen LogP contribution in [0.25, 0.3) is 11.5 Å². The molecule has 146 valence electrons. The van der Waals surface area contributed by atoms with Gasteiger partial charge in [-0.25, -0.2) is 0 Å². The van der Waals surface area contributed by atoms with Gasteiger partial charge in [-0.15, -0.1) is 0 Å². The van der Waals surface area contributed by atoms with Crippen LogP contribution in [-0.2, 0) is 13.5 Å². The number of hydrogen-bond acceptors (Lipinski definition) is 6. The van der Waals surface area contributed by atoms with Crippen molar-refractivity contribution in [3.05, 3.63) is 47.8 Å². The molecular weight excluding hydrogens is 356 g/mol. The van der Waals surface area contributed by atoms with E-state index in [1.807, 2.05) is 37.1 Å². The van der Waals surface area contributed by atoms with E-state index in [2.05, 4.69) is 20.2 Å². The summed E-state index contributed by atoms with van der Waals surface area (Å²) in [5.41, 5.74) is 2.33. The minimum absolute atomic E-state index is 0.0202. The Morgan fingerprint density at radius 3 is 3.04 bits per heavy atom. The third-order valence-electron chi connectivity index (χ3n) is 5.29. The summed E-state index contributed by atoms with van der Waals surface area (Å²) in [6, 6.07) is 5.59. The molecule has 0 spiro atoms. The Balaban J connectivity index is 1.34. The lowest BCUT2D eigenvalue weighted by Gasteiger charge is -2.32. The SMILES string of the molecule is Cc1cc(C(=O)N2CCCC(CCc3noc(-c4cccnc4)n3)C2)nn1C. The zero-order valence-electron chi connectivity index (χ0n) is 16.2. The molecule has 1 unspecified atom stereocenters. The van der Waals surface area contributed by atoms with E-state index in [1.54, 1.807) is 17.1 Å². The third-order valence-corrected chi connectivity index (χ3v) is 5.29. The van der Waals surface area contributed by atoms with Crippen LogP contribution >= 0.6 is 0 Å². The third kappa shape index (κ3) is 3.95. The summed E-state index contributed by atoms with van der Waals surface area (Å²) >= 11 is 0. The fourth-order valence-electron chi connectivity index (χ4n) is 3.61. The first kappa shape index (κ1) is 18.3. The summed E-state index contributed by atoms with van der Waals surface area (Å²) in [7, 11) is 1.86. The van der Waals surface area contributed by atoms with Crippen molar-refractivity contribution >= 4 is 5.91 Å². The lowest BCUT2D eigenvalue weighted by molar-refractivity contribution is 0.0661. The molecule has 1 saturated heterocycles. The quantitative estimate of drug-likeness (QED) is 0.676. The number of rotatable bonds is 5. The highest BCUT2D eigenvalue weighted by atomic mass is 16.5. The smallest absolute Gasteiger partial charge is 0.274 e. The molecule has 0 radical (unpaired) electrons. The molecule has 28 heavy (non-hydrogen) atoms. The van der Waals surface area contributed by atoms with Gasteiger partial charge in [0.1, 0.15) is 0 Å². The molecule has 8 heteroatoms. The number of pyridine rings is 1. The average Bonchev–Trinajstić information content (AvgIpc) is 3.33. The predicted molar refractivity (Wildman–Crippen MR) is 102 cm³/mol. The Labute approximate surface area is 163 Å². The van der Waals surface area contributed by atoms with Crippen molar-refractivity contribution in [2.24, 2.45) is 13.0 Å². The lowest BCUT2D eigenvalue weighted by atomic mass is 9.93. The molecule has 0 aromatic carbocycles. The molecule has 4 rings (SSSR count). The van der Waals surface area contributed by atoms with E-state index in [4.69, 9.17) is 4.52 Å². The van der Waals surface area contributed by atoms with Crippen LogP contribution < -0.4 is 0 Å². The molecule has 1 aliphatic heterocycles. The van der Waals surface area contributed by atoms with Gasteiger partial charge in [0.15, 0.2) is 11.5 Å². The number of piperidine rings is 1. The molecule has 0 aliphatic carbocycles. The standard InChI is InChI=1S/C20H24N6O2/c1-14-11-17(23-25(14)2)20(27)26-10-4-5-15(13-26)7-8-18-22-19(28-24-18)16-6-3-9-21-12-16/h3,6,9,11-12,15H,4-5,7-8,10,13H2,1-2H3. The summed E-state index contributed by atoms with van der Waals surface area (Å²) in [6.45, 7) is 3.49. The highest BCUT2D eigenvalue weighted by Gasteiger charge is 2.26. The minimum Gasteiger partial charge on any atom is -0.337 e. The van der Waals surface area contributed by atoms with E-state index >= 15 is 0 Å². The van der Waals surface area contributed by atoms with E-state index < -0.39 is 0 Å². The van der Waals surface area contributed by atoms with Crippen molar-refractivity contribution < 1.29 is 9.32 Å². The summed E-state index contributed by atoms with van der Waals surface area (Å²) in [4.78, 5) is 23.2. The molecule has 1 atom stereocenters. The first-order chi connectivity index (χ1) is 13.6. The number of nitrogens with zero attached hydrogens (tertiary/aromatic N) is 6. The Bertz CT molecular complexity index is 929. The predicted octanol–water partition coefficient (Wildman–Crippen LogP) is 2.66. The van der Waals surface area contributed by atoms with Gasteiger partial charge < -0.3 is 9.42 Å². The second-order valence-electron chi connectivity index (χ2n) is 7.35. The molecule has 3 aromatic heterocycles. The second-order valence-corrected chi connectivity index (χ2v) is 7.35. The minimum atomic E-state index is 0.0202. The summed E-state index contributed by atoms with van der Waals surface area (Å²) in [6.07, 6.45) is 7.20. The fraction of sp³-hybridized carbons (Fsp3) is 0.450. The average molecular weight is 380 g/mol. The Morgan fingerprint density at radius 2 is 2.29 bits per heavy atom. The normalized spacial score (nSPS) is 17.1. The number of carbonyl (C=O) groups excluding carboxylic acids is 1. The van der Waals surface area contributed by atoms with Crippen molar-refractivity contribution in [3.63, 3.8) is 0 Å². The van der Waals surface area contributed by atoms with Gasteiger partial charge in [0.05, 0.1) is 5.56 Å². The Morgan fingerprint density at radius 1 is 1.39 bits per heavy atom. The van der Waals surface area contributed by atoms with Gasteiger partial charge in [0, 0.05) is 44.6 Å². The van der Waals surface area contributed by atoms with E-state index in [-0.39, 0.29) is 5.91 Å². The fourth-order valence-corrected chi connectivity index (χ4v) is 3.61. The zero-order chi connectivity index (χ0) is 19.5. The van der Waals surface area contributed by atoms with Gasteiger partial charge >= 0.3 is 0 Å². The lowest BCUT2D eigenvalue weighted by Crippen LogP contribution is -2.40. The molecule has 8 nitrogen and oxygen atoms in total. The van der Waals surface area contributed by atoms with Crippen LogP contribution in [0.2, 0.25) is 0 Å². The topological polar surface area (TPSA) is 89.9 Å². The van der Waals surface area contributed by atoms with Crippen molar-refractivity contribution in [2.45, 2.75) is 32.6 Å². The summed E-state index contributed by atoms with van der Waals surface area (Å²) in [5.74, 6) is 1.64. The molecule has 3 aromatic rings. The maximum absolute atomic E-state index is 12.7. The van der Waals surface area contributed by atoms with Crippen molar-refractivity contribution in [1.29, 1.82) is 0 Å². The van der Waals surface area contributed by atoms with Crippen LogP contribution in [0.4, 0.5) is 0 Å². The van der Waals surface area contributed by atoms with Gasteiger partial charge in [-0.3, -0.25) is 14.5 Å². The van der Waals surface area contributed by atoms with Crippen LogP contribution in [0, 0.1) is 12.8 Å². The maximum atomic E-state index is 12.7. The summed E-state index contributed by atoms with van der Waals surface area (Å²) < 4.78 is 7.09. The van der Waals surface area contributed by atoms with Crippen LogP contribution in [0.15, 0.2) is 35.1 Å². The number of aromatic nitrogens is 5. The van der Waals surface area contributed by atoms with Crippen molar-refractivity contribution in [1.82, 2.24) is 29.8 Å². The molecule has 0 bridgehead atoms. The number of likely N-dealkylation sites (tertiary alicyclic amines) is 1. The molecule has 1 amide bonds.